The summed E-state index contributed by atoms with van der Waals surface area (Å²) >= 11 is 11.4. The minimum atomic E-state index is -5.32. The fourth-order valence-electron chi connectivity index (χ4n) is 1.48. The van der Waals surface area contributed by atoms with Crippen LogP contribution in [-0.4, -0.2) is 23.0 Å². The zero-order chi connectivity index (χ0) is 16.4. The summed E-state index contributed by atoms with van der Waals surface area (Å²) in [7, 11) is 0. The quantitative estimate of drug-likeness (QED) is 0.501. The highest BCUT2D eigenvalue weighted by molar-refractivity contribution is 6.42. The lowest BCUT2D eigenvalue weighted by Crippen LogP contribution is -2.31. The normalized spacial score (nSPS) is 12.8. The molecule has 1 aromatic carbocycles. The van der Waals surface area contributed by atoms with Crippen LogP contribution in [0.5, 0.6) is 0 Å². The van der Waals surface area contributed by atoms with Gasteiger partial charge in [-0.15, -0.1) is 0 Å². The summed E-state index contributed by atoms with van der Waals surface area (Å²) in [5.41, 5.74) is 3.43. The van der Waals surface area contributed by atoms with E-state index in [-0.39, 0.29) is 16.5 Å². The van der Waals surface area contributed by atoms with Crippen LogP contribution in [-0.2, 0) is 16.0 Å². The number of nitrogens with two attached hydrogens (primary N) is 1. The molecule has 0 amide bonds. The molecule has 0 aliphatic heterocycles. The first kappa shape index (κ1) is 17.3. The molecule has 0 saturated heterocycles. The third kappa shape index (κ3) is 4.37. The molecule has 0 aliphatic carbocycles. The van der Waals surface area contributed by atoms with Crippen LogP contribution < -0.4 is 5.73 Å². The van der Waals surface area contributed by atoms with Crippen LogP contribution in [0.25, 0.3) is 0 Å². The maximum absolute atomic E-state index is 12.3. The Labute approximate surface area is 126 Å². The summed E-state index contributed by atoms with van der Waals surface area (Å²) in [5.74, 6) is -4.55. The fourth-order valence-corrected chi connectivity index (χ4v) is 1.80. The molecule has 0 heterocycles. The number of halogens is 5. The molecule has 114 valence electrons. The zero-order valence-corrected chi connectivity index (χ0v) is 11.7. The number of hydrogen-bond donors (Lipinski definition) is 2. The maximum atomic E-state index is 12.3. The number of aliphatic carboxylic acids is 1. The van der Waals surface area contributed by atoms with Gasteiger partial charge >= 0.3 is 12.1 Å². The number of carbonyl (C=O) groups excluding carboxylic acids is 1. The molecule has 0 fully saturated rings. The SMILES string of the molecule is N/C(Cc1ccc(Cl)c(Cl)c1)=C(\C(=O)O)C(=O)C(F)(F)F. The van der Waals surface area contributed by atoms with Gasteiger partial charge in [0.1, 0.15) is 5.57 Å². The van der Waals surface area contributed by atoms with Crippen molar-refractivity contribution in [1.82, 2.24) is 0 Å². The molecule has 0 saturated carbocycles. The van der Waals surface area contributed by atoms with Gasteiger partial charge in [0.25, 0.3) is 5.78 Å². The Balaban J connectivity index is 3.20. The van der Waals surface area contributed by atoms with Gasteiger partial charge in [-0.1, -0.05) is 29.3 Å². The Bertz CT molecular complexity index is 627. The summed E-state index contributed by atoms with van der Waals surface area (Å²) in [4.78, 5) is 21.9. The molecular weight excluding hydrogens is 334 g/mol. The molecule has 0 spiro atoms. The maximum Gasteiger partial charge on any atom is 0.455 e. The summed E-state index contributed by atoms with van der Waals surface area (Å²) in [6.45, 7) is 0. The lowest BCUT2D eigenvalue weighted by molar-refractivity contribution is -0.168. The van der Waals surface area contributed by atoms with E-state index in [4.69, 9.17) is 34.0 Å². The first-order chi connectivity index (χ1) is 9.54. The number of ketones is 1. The van der Waals surface area contributed by atoms with Crippen molar-refractivity contribution in [3.63, 3.8) is 0 Å². The second-order valence-electron chi connectivity index (χ2n) is 3.96. The molecule has 0 unspecified atom stereocenters. The molecular formula is C12H8Cl2F3NO3. The average molecular weight is 342 g/mol. The minimum absolute atomic E-state index is 0.126. The van der Waals surface area contributed by atoms with Crippen LogP contribution in [0.4, 0.5) is 13.2 Å². The molecule has 0 aliphatic rings. The van der Waals surface area contributed by atoms with Crippen molar-refractivity contribution in [2.24, 2.45) is 5.73 Å². The molecule has 0 atom stereocenters. The lowest BCUT2D eigenvalue weighted by Gasteiger charge is -2.10. The molecule has 21 heavy (non-hydrogen) atoms. The molecule has 1 rings (SSSR count). The number of allylic oxidation sites excluding steroid dienone is 1. The predicted molar refractivity (Wildman–Crippen MR) is 70.1 cm³/mol. The van der Waals surface area contributed by atoms with Crippen LogP contribution in [0.15, 0.2) is 29.5 Å². The van der Waals surface area contributed by atoms with E-state index in [1.54, 1.807) is 0 Å². The van der Waals surface area contributed by atoms with Gasteiger partial charge in [-0.25, -0.2) is 4.79 Å². The molecule has 9 heteroatoms. The van der Waals surface area contributed by atoms with Gasteiger partial charge < -0.3 is 10.8 Å². The highest BCUT2D eigenvalue weighted by atomic mass is 35.5. The molecule has 1 aromatic rings. The molecule has 0 bridgehead atoms. The number of carbonyl (C=O) groups is 2. The van der Waals surface area contributed by atoms with Gasteiger partial charge in [-0.3, -0.25) is 4.79 Å². The highest BCUT2D eigenvalue weighted by Crippen LogP contribution is 2.25. The Morgan fingerprint density at radius 2 is 1.76 bits per heavy atom. The monoisotopic (exact) mass is 341 g/mol. The fraction of sp³-hybridized carbons (Fsp3) is 0.167. The van der Waals surface area contributed by atoms with E-state index in [0.717, 1.165) is 0 Å². The number of carboxylic acids is 1. The van der Waals surface area contributed by atoms with Crippen molar-refractivity contribution >= 4 is 35.0 Å². The van der Waals surface area contributed by atoms with Gasteiger partial charge in [0.05, 0.1) is 10.0 Å². The number of benzene rings is 1. The second-order valence-corrected chi connectivity index (χ2v) is 4.77. The smallest absolute Gasteiger partial charge is 0.455 e. The van der Waals surface area contributed by atoms with Crippen molar-refractivity contribution in [3.8, 4) is 0 Å². The van der Waals surface area contributed by atoms with Crippen molar-refractivity contribution in [3.05, 3.63) is 45.1 Å². The lowest BCUT2D eigenvalue weighted by atomic mass is 10.0. The van der Waals surface area contributed by atoms with Gasteiger partial charge in [-0.05, 0) is 17.7 Å². The average Bonchev–Trinajstić information content (AvgIpc) is 2.32. The van der Waals surface area contributed by atoms with E-state index in [2.05, 4.69) is 0 Å². The van der Waals surface area contributed by atoms with E-state index in [1.165, 1.54) is 18.2 Å². The summed E-state index contributed by atoms with van der Waals surface area (Å²) in [5, 5.41) is 9.09. The number of carboxylic acid groups (broad SMARTS) is 1. The Morgan fingerprint density at radius 3 is 2.19 bits per heavy atom. The topological polar surface area (TPSA) is 80.4 Å². The van der Waals surface area contributed by atoms with Crippen molar-refractivity contribution in [2.75, 3.05) is 0 Å². The van der Waals surface area contributed by atoms with Crippen LogP contribution in [0.3, 0.4) is 0 Å². The largest absolute Gasteiger partial charge is 0.477 e. The number of hydrogen-bond acceptors (Lipinski definition) is 3. The highest BCUT2D eigenvalue weighted by Gasteiger charge is 2.44. The van der Waals surface area contributed by atoms with E-state index >= 15 is 0 Å². The van der Waals surface area contributed by atoms with Gasteiger partial charge in [0, 0.05) is 12.1 Å². The molecule has 0 radical (unpaired) electrons. The molecule has 0 aromatic heterocycles. The summed E-state index contributed by atoms with van der Waals surface area (Å²) in [6, 6.07) is 4.09. The Kier molecular flexibility index (Phi) is 5.25. The van der Waals surface area contributed by atoms with Crippen LogP contribution >= 0.6 is 23.2 Å². The van der Waals surface area contributed by atoms with Crippen molar-refractivity contribution in [2.45, 2.75) is 12.6 Å². The van der Waals surface area contributed by atoms with E-state index in [0.29, 0.717) is 5.56 Å². The van der Waals surface area contributed by atoms with E-state index in [9.17, 15) is 22.8 Å². The standard InChI is InChI=1S/C12H8Cl2F3NO3/c13-6-2-1-5(3-7(6)14)4-8(18)9(11(20)21)10(19)12(15,16)17/h1-3H,4,18H2,(H,20,21)/b9-8-. The first-order valence-electron chi connectivity index (χ1n) is 5.31. The summed E-state index contributed by atoms with van der Waals surface area (Å²) in [6.07, 6.45) is -5.71. The van der Waals surface area contributed by atoms with Gasteiger partial charge in [0.2, 0.25) is 0 Å². The second kappa shape index (κ2) is 6.36. The third-order valence-corrected chi connectivity index (χ3v) is 3.14. The Morgan fingerprint density at radius 1 is 1.19 bits per heavy atom. The summed E-state index contributed by atoms with van der Waals surface area (Å²) < 4.78 is 37.0. The molecule has 4 nitrogen and oxygen atoms in total. The minimum Gasteiger partial charge on any atom is -0.477 e. The number of alkyl halides is 3. The zero-order valence-electron chi connectivity index (χ0n) is 10.2. The number of rotatable bonds is 4. The van der Waals surface area contributed by atoms with E-state index in [1.807, 2.05) is 0 Å². The Hall–Kier alpha value is -1.73. The van der Waals surface area contributed by atoms with Crippen LogP contribution in [0.2, 0.25) is 10.0 Å². The van der Waals surface area contributed by atoms with E-state index < -0.39 is 29.2 Å². The van der Waals surface area contributed by atoms with Crippen molar-refractivity contribution < 1.29 is 27.9 Å². The third-order valence-electron chi connectivity index (χ3n) is 2.40. The predicted octanol–water partition coefficient (Wildman–Crippen LogP) is 2.96. The number of Topliss-reactive ketones (excluding diaryl/α,β-unsaturated/α-hetero) is 1. The van der Waals surface area contributed by atoms with Gasteiger partial charge in [0.15, 0.2) is 0 Å². The van der Waals surface area contributed by atoms with Gasteiger partial charge in [-0.2, -0.15) is 13.2 Å². The van der Waals surface area contributed by atoms with Crippen molar-refractivity contribution in [1.29, 1.82) is 0 Å². The van der Waals surface area contributed by atoms with Crippen LogP contribution in [0, 0.1) is 0 Å². The molecule has 3 N–H and O–H groups in total. The first-order valence-corrected chi connectivity index (χ1v) is 6.07. The van der Waals surface area contributed by atoms with Crippen LogP contribution in [0.1, 0.15) is 5.56 Å².